The highest BCUT2D eigenvalue weighted by Gasteiger charge is 2.18. The molecule has 0 amide bonds. The second kappa shape index (κ2) is 7.30. The number of furan rings is 1. The van der Waals surface area contributed by atoms with Gasteiger partial charge in [0.15, 0.2) is 0 Å². The fraction of sp³-hybridized carbons (Fsp3) is 0.333. The molecule has 0 N–H and O–H groups in total. The highest BCUT2D eigenvalue weighted by molar-refractivity contribution is 5.25. The summed E-state index contributed by atoms with van der Waals surface area (Å²) in [5.41, 5.74) is 3.53. The van der Waals surface area contributed by atoms with E-state index in [2.05, 4.69) is 9.88 Å². The molecular formula is C21H23N3O2. The average Bonchev–Trinajstić information content (AvgIpc) is 2.94. The lowest BCUT2D eigenvalue weighted by Crippen LogP contribution is -2.27. The first-order chi connectivity index (χ1) is 12.7. The second-order valence-corrected chi connectivity index (χ2v) is 6.88. The number of hydrogen-bond acceptors (Lipinski definition) is 4. The molecule has 1 aliphatic heterocycles. The lowest BCUT2D eigenvalue weighted by atomic mass is 10.1. The first-order valence-corrected chi connectivity index (χ1v) is 9.07. The van der Waals surface area contributed by atoms with Crippen molar-refractivity contribution in [2.24, 2.45) is 0 Å². The van der Waals surface area contributed by atoms with Gasteiger partial charge in [0.05, 0.1) is 13.1 Å². The fourth-order valence-electron chi connectivity index (χ4n) is 3.64. The van der Waals surface area contributed by atoms with Gasteiger partial charge in [0, 0.05) is 43.7 Å². The molecule has 4 heterocycles. The van der Waals surface area contributed by atoms with E-state index in [1.54, 1.807) is 12.3 Å². The van der Waals surface area contributed by atoms with E-state index in [1.165, 1.54) is 5.56 Å². The van der Waals surface area contributed by atoms with Crippen molar-refractivity contribution in [2.75, 3.05) is 13.1 Å². The van der Waals surface area contributed by atoms with Crippen LogP contribution in [-0.4, -0.2) is 27.5 Å². The molecule has 0 bridgehead atoms. The zero-order valence-electron chi connectivity index (χ0n) is 15.0. The number of nitrogens with zero attached hydrogens (tertiary/aromatic N) is 3. The molecule has 0 saturated carbocycles. The molecule has 0 atom stereocenters. The van der Waals surface area contributed by atoms with Crippen molar-refractivity contribution in [3.05, 3.63) is 87.5 Å². The zero-order valence-corrected chi connectivity index (χ0v) is 15.0. The van der Waals surface area contributed by atoms with Crippen molar-refractivity contribution in [1.82, 2.24) is 14.5 Å². The number of hydrogen-bond donors (Lipinski definition) is 0. The Balaban J connectivity index is 1.56. The molecule has 0 fully saturated rings. The SMILES string of the molecule is Cc1ccc(CN2CCc3ccc(=O)n(Cc4cccnc4)c3CC2)o1. The van der Waals surface area contributed by atoms with E-state index in [-0.39, 0.29) is 5.56 Å². The standard InChI is InChI=1S/C21H23N3O2/c1-16-4-6-19(26-16)15-23-11-8-18-5-7-21(25)24(20(18)9-12-23)14-17-3-2-10-22-13-17/h2-7,10,13H,8-9,11-12,14-15H2,1H3. The Kier molecular flexibility index (Phi) is 4.71. The molecule has 26 heavy (non-hydrogen) atoms. The zero-order chi connectivity index (χ0) is 17.9. The van der Waals surface area contributed by atoms with Crippen LogP contribution in [0.25, 0.3) is 0 Å². The summed E-state index contributed by atoms with van der Waals surface area (Å²) in [5.74, 6) is 1.95. The van der Waals surface area contributed by atoms with Crippen LogP contribution in [0.1, 0.15) is 28.3 Å². The molecule has 0 radical (unpaired) electrons. The highest BCUT2D eigenvalue weighted by Crippen LogP contribution is 2.18. The maximum absolute atomic E-state index is 12.5. The van der Waals surface area contributed by atoms with E-state index >= 15 is 0 Å². The molecule has 1 aliphatic rings. The highest BCUT2D eigenvalue weighted by atomic mass is 16.3. The third-order valence-corrected chi connectivity index (χ3v) is 4.99. The van der Waals surface area contributed by atoms with Crippen LogP contribution in [0.2, 0.25) is 0 Å². The Morgan fingerprint density at radius 3 is 2.73 bits per heavy atom. The van der Waals surface area contributed by atoms with Crippen molar-refractivity contribution in [3.8, 4) is 0 Å². The number of pyridine rings is 2. The Morgan fingerprint density at radius 2 is 1.96 bits per heavy atom. The van der Waals surface area contributed by atoms with Gasteiger partial charge in [-0.3, -0.25) is 14.7 Å². The van der Waals surface area contributed by atoms with Gasteiger partial charge in [-0.2, -0.15) is 0 Å². The van der Waals surface area contributed by atoms with Gasteiger partial charge in [0.1, 0.15) is 11.5 Å². The molecule has 4 rings (SSSR count). The second-order valence-electron chi connectivity index (χ2n) is 6.88. The van der Waals surface area contributed by atoms with E-state index in [0.29, 0.717) is 6.54 Å². The van der Waals surface area contributed by atoms with Crippen LogP contribution in [0.15, 0.2) is 58.0 Å². The summed E-state index contributed by atoms with van der Waals surface area (Å²) in [6.45, 7) is 5.25. The maximum atomic E-state index is 12.5. The topological polar surface area (TPSA) is 51.3 Å². The summed E-state index contributed by atoms with van der Waals surface area (Å²) >= 11 is 0. The molecule has 3 aromatic rings. The van der Waals surface area contributed by atoms with Crippen molar-refractivity contribution >= 4 is 0 Å². The largest absolute Gasteiger partial charge is 0.465 e. The average molecular weight is 349 g/mol. The summed E-state index contributed by atoms with van der Waals surface area (Å²) in [6.07, 6.45) is 5.40. The van der Waals surface area contributed by atoms with Crippen LogP contribution in [0.3, 0.4) is 0 Å². The first kappa shape index (κ1) is 16.8. The van der Waals surface area contributed by atoms with Crippen molar-refractivity contribution in [2.45, 2.75) is 32.9 Å². The lowest BCUT2D eigenvalue weighted by molar-refractivity contribution is 0.252. The van der Waals surface area contributed by atoms with Crippen LogP contribution < -0.4 is 5.56 Å². The minimum absolute atomic E-state index is 0.0581. The van der Waals surface area contributed by atoms with Gasteiger partial charge in [0.2, 0.25) is 0 Å². The molecule has 0 unspecified atom stereocenters. The van der Waals surface area contributed by atoms with Gasteiger partial charge in [0.25, 0.3) is 5.56 Å². The van der Waals surface area contributed by atoms with E-state index in [9.17, 15) is 4.79 Å². The predicted molar refractivity (Wildman–Crippen MR) is 100 cm³/mol. The molecule has 0 aliphatic carbocycles. The summed E-state index contributed by atoms with van der Waals surface area (Å²) < 4.78 is 7.63. The van der Waals surface area contributed by atoms with Crippen LogP contribution >= 0.6 is 0 Å². The van der Waals surface area contributed by atoms with Gasteiger partial charge < -0.3 is 8.98 Å². The molecule has 0 aromatic carbocycles. The fourth-order valence-corrected chi connectivity index (χ4v) is 3.64. The first-order valence-electron chi connectivity index (χ1n) is 9.07. The molecule has 0 spiro atoms. The number of aromatic nitrogens is 2. The smallest absolute Gasteiger partial charge is 0.251 e. The molecule has 5 nitrogen and oxygen atoms in total. The van der Waals surface area contributed by atoms with Gasteiger partial charge in [-0.05, 0) is 42.7 Å². The van der Waals surface area contributed by atoms with E-state index in [4.69, 9.17) is 4.42 Å². The number of fused-ring (bicyclic) bond motifs is 1. The monoisotopic (exact) mass is 349 g/mol. The number of rotatable bonds is 4. The van der Waals surface area contributed by atoms with Gasteiger partial charge in [-0.25, -0.2) is 0 Å². The minimum Gasteiger partial charge on any atom is -0.465 e. The van der Waals surface area contributed by atoms with E-state index in [1.807, 2.05) is 48.0 Å². The minimum atomic E-state index is 0.0581. The summed E-state index contributed by atoms with van der Waals surface area (Å²) in [4.78, 5) is 19.1. The Hall–Kier alpha value is -2.66. The molecular weight excluding hydrogens is 326 g/mol. The molecule has 5 heteroatoms. The Morgan fingerprint density at radius 1 is 1.08 bits per heavy atom. The Labute approximate surface area is 152 Å². The molecule has 134 valence electrons. The molecule has 3 aromatic heterocycles. The van der Waals surface area contributed by atoms with Crippen molar-refractivity contribution in [1.29, 1.82) is 0 Å². The van der Waals surface area contributed by atoms with Gasteiger partial charge in [-0.1, -0.05) is 12.1 Å². The summed E-state index contributed by atoms with van der Waals surface area (Å²) in [5, 5.41) is 0. The predicted octanol–water partition coefficient (Wildman–Crippen LogP) is 2.79. The molecule has 0 saturated heterocycles. The van der Waals surface area contributed by atoms with Crippen molar-refractivity contribution < 1.29 is 4.42 Å². The quantitative estimate of drug-likeness (QED) is 0.727. The van der Waals surface area contributed by atoms with E-state index in [0.717, 1.165) is 55.3 Å². The van der Waals surface area contributed by atoms with Crippen LogP contribution in [-0.2, 0) is 25.9 Å². The van der Waals surface area contributed by atoms with Crippen LogP contribution in [0.4, 0.5) is 0 Å². The van der Waals surface area contributed by atoms with Crippen molar-refractivity contribution in [3.63, 3.8) is 0 Å². The summed E-state index contributed by atoms with van der Waals surface area (Å²) in [7, 11) is 0. The Bertz CT molecular complexity index is 943. The summed E-state index contributed by atoms with van der Waals surface area (Å²) in [6, 6.07) is 11.7. The number of aryl methyl sites for hydroxylation is 1. The third-order valence-electron chi connectivity index (χ3n) is 4.99. The third kappa shape index (κ3) is 3.63. The maximum Gasteiger partial charge on any atom is 0.251 e. The van der Waals surface area contributed by atoms with Gasteiger partial charge in [-0.15, -0.1) is 0 Å². The van der Waals surface area contributed by atoms with E-state index < -0.39 is 0 Å². The van der Waals surface area contributed by atoms with Crippen LogP contribution in [0, 0.1) is 6.92 Å². The lowest BCUT2D eigenvalue weighted by Gasteiger charge is -2.18. The van der Waals surface area contributed by atoms with Crippen LogP contribution in [0.5, 0.6) is 0 Å². The van der Waals surface area contributed by atoms with Gasteiger partial charge >= 0.3 is 0 Å². The normalized spacial score (nSPS) is 14.8.